The molecule has 1 atom stereocenters. The van der Waals surface area contributed by atoms with Gasteiger partial charge in [0.1, 0.15) is 5.82 Å². The minimum atomic E-state index is -0.826. The van der Waals surface area contributed by atoms with E-state index in [0.717, 1.165) is 28.4 Å². The highest BCUT2D eigenvalue weighted by atomic mass is 79.9. The van der Waals surface area contributed by atoms with E-state index in [1.54, 1.807) is 0 Å². The summed E-state index contributed by atoms with van der Waals surface area (Å²) in [6.45, 7) is 0. The highest BCUT2D eigenvalue weighted by molar-refractivity contribution is 9.10. The van der Waals surface area contributed by atoms with Crippen molar-refractivity contribution in [1.29, 1.82) is 0 Å². The molecule has 1 aromatic rings. The molecule has 15 heavy (non-hydrogen) atoms. The molecule has 1 unspecified atom stereocenters. The van der Waals surface area contributed by atoms with Crippen LogP contribution in [-0.2, 0) is 11.2 Å². The lowest BCUT2D eigenvalue weighted by atomic mass is 9.98. The summed E-state index contributed by atoms with van der Waals surface area (Å²) < 4.78 is 13.9. The Morgan fingerprint density at radius 2 is 2.33 bits per heavy atom. The quantitative estimate of drug-likeness (QED) is 0.899. The standard InChI is InChI=1S/C11H10BrFO2/c12-10-5-7(13)4-9-6(3-11(14)15)1-2-8(9)10/h4-6H,1-3H2,(H,14,15). The monoisotopic (exact) mass is 272 g/mol. The first-order valence-corrected chi connectivity index (χ1v) is 5.57. The number of hydrogen-bond acceptors (Lipinski definition) is 1. The Balaban J connectivity index is 2.37. The van der Waals surface area contributed by atoms with Gasteiger partial charge in [-0.05, 0) is 42.0 Å². The van der Waals surface area contributed by atoms with E-state index in [4.69, 9.17) is 5.11 Å². The predicted molar refractivity (Wildman–Crippen MR) is 57.4 cm³/mol. The number of fused-ring (bicyclic) bond motifs is 1. The first kappa shape index (κ1) is 10.6. The zero-order valence-corrected chi connectivity index (χ0v) is 9.55. The molecule has 0 saturated carbocycles. The van der Waals surface area contributed by atoms with E-state index in [-0.39, 0.29) is 18.2 Å². The van der Waals surface area contributed by atoms with Crippen molar-refractivity contribution < 1.29 is 14.3 Å². The summed E-state index contributed by atoms with van der Waals surface area (Å²) in [7, 11) is 0. The van der Waals surface area contributed by atoms with Crippen LogP contribution in [0.5, 0.6) is 0 Å². The van der Waals surface area contributed by atoms with Gasteiger partial charge in [-0.3, -0.25) is 4.79 Å². The molecule has 0 amide bonds. The van der Waals surface area contributed by atoms with Gasteiger partial charge in [0.2, 0.25) is 0 Å². The lowest BCUT2D eigenvalue weighted by Crippen LogP contribution is -2.03. The number of halogens is 2. The molecule has 0 bridgehead atoms. The third-order valence-electron chi connectivity index (χ3n) is 2.80. The van der Waals surface area contributed by atoms with Crippen LogP contribution in [0.4, 0.5) is 4.39 Å². The van der Waals surface area contributed by atoms with Gasteiger partial charge in [0.15, 0.2) is 0 Å². The van der Waals surface area contributed by atoms with Crippen LogP contribution >= 0.6 is 15.9 Å². The number of carbonyl (C=O) groups is 1. The fourth-order valence-corrected chi connectivity index (χ4v) is 2.79. The van der Waals surface area contributed by atoms with E-state index in [1.807, 2.05) is 0 Å². The zero-order chi connectivity index (χ0) is 11.0. The molecule has 1 N–H and O–H groups in total. The van der Waals surface area contributed by atoms with Crippen LogP contribution < -0.4 is 0 Å². The first-order chi connectivity index (χ1) is 7.08. The highest BCUT2D eigenvalue weighted by Gasteiger charge is 2.26. The molecule has 80 valence electrons. The van der Waals surface area contributed by atoms with E-state index in [9.17, 15) is 9.18 Å². The van der Waals surface area contributed by atoms with Crippen molar-refractivity contribution in [3.63, 3.8) is 0 Å². The molecule has 0 saturated heterocycles. The van der Waals surface area contributed by atoms with Crippen molar-refractivity contribution in [2.24, 2.45) is 0 Å². The van der Waals surface area contributed by atoms with E-state index in [0.29, 0.717) is 0 Å². The van der Waals surface area contributed by atoms with Gasteiger partial charge in [-0.25, -0.2) is 4.39 Å². The molecule has 4 heteroatoms. The average Bonchev–Trinajstić information content (AvgIpc) is 2.48. The summed E-state index contributed by atoms with van der Waals surface area (Å²) in [5.74, 6) is -1.17. The number of benzene rings is 1. The van der Waals surface area contributed by atoms with E-state index in [2.05, 4.69) is 15.9 Å². The first-order valence-electron chi connectivity index (χ1n) is 4.77. The van der Waals surface area contributed by atoms with Crippen molar-refractivity contribution in [3.8, 4) is 0 Å². The SMILES string of the molecule is O=C(O)CC1CCc2c(Br)cc(F)cc21. The summed E-state index contributed by atoms with van der Waals surface area (Å²) >= 11 is 3.30. The summed E-state index contributed by atoms with van der Waals surface area (Å²) in [6, 6.07) is 2.89. The Kier molecular flexibility index (Phi) is 2.78. The summed E-state index contributed by atoms with van der Waals surface area (Å²) in [4.78, 5) is 10.6. The maximum absolute atomic E-state index is 13.2. The van der Waals surface area contributed by atoms with Crippen molar-refractivity contribution in [2.45, 2.75) is 25.2 Å². The van der Waals surface area contributed by atoms with Crippen LogP contribution in [0.25, 0.3) is 0 Å². The Labute approximate surface area is 95.2 Å². The Morgan fingerprint density at radius 3 is 3.00 bits per heavy atom. The number of aliphatic carboxylic acids is 1. The summed E-state index contributed by atoms with van der Waals surface area (Å²) in [5.41, 5.74) is 1.91. The number of carboxylic acid groups (broad SMARTS) is 1. The second-order valence-electron chi connectivity index (χ2n) is 3.79. The van der Waals surface area contributed by atoms with Gasteiger partial charge >= 0.3 is 5.97 Å². The predicted octanol–water partition coefficient (Wildman–Crippen LogP) is 3.09. The third kappa shape index (κ3) is 2.04. The second-order valence-corrected chi connectivity index (χ2v) is 4.64. The van der Waals surface area contributed by atoms with Gasteiger partial charge < -0.3 is 5.11 Å². The van der Waals surface area contributed by atoms with Gasteiger partial charge in [0.05, 0.1) is 6.42 Å². The van der Waals surface area contributed by atoms with Crippen molar-refractivity contribution in [3.05, 3.63) is 33.5 Å². The lowest BCUT2D eigenvalue weighted by Gasteiger charge is -2.09. The maximum Gasteiger partial charge on any atom is 0.303 e. The van der Waals surface area contributed by atoms with Crippen LogP contribution in [-0.4, -0.2) is 11.1 Å². The molecule has 1 aliphatic rings. The topological polar surface area (TPSA) is 37.3 Å². The van der Waals surface area contributed by atoms with E-state index in [1.165, 1.54) is 12.1 Å². The third-order valence-corrected chi connectivity index (χ3v) is 3.51. The normalized spacial score (nSPS) is 18.9. The fourth-order valence-electron chi connectivity index (χ4n) is 2.15. The molecule has 1 aliphatic carbocycles. The zero-order valence-electron chi connectivity index (χ0n) is 7.96. The largest absolute Gasteiger partial charge is 0.481 e. The molecule has 0 spiro atoms. The van der Waals surface area contributed by atoms with Crippen molar-refractivity contribution >= 4 is 21.9 Å². The van der Waals surface area contributed by atoms with Gasteiger partial charge in [0, 0.05) is 4.47 Å². The number of hydrogen-bond donors (Lipinski definition) is 1. The van der Waals surface area contributed by atoms with Crippen LogP contribution in [0.2, 0.25) is 0 Å². The summed E-state index contributed by atoms with van der Waals surface area (Å²) in [6.07, 6.45) is 1.71. The average molecular weight is 273 g/mol. The molecular weight excluding hydrogens is 263 g/mol. The van der Waals surface area contributed by atoms with Crippen LogP contribution in [0.3, 0.4) is 0 Å². The number of carboxylic acids is 1. The Hall–Kier alpha value is -0.900. The number of rotatable bonds is 2. The van der Waals surface area contributed by atoms with Gasteiger partial charge in [0.25, 0.3) is 0 Å². The minimum absolute atomic E-state index is 0.0375. The molecule has 0 heterocycles. The maximum atomic E-state index is 13.2. The van der Waals surface area contributed by atoms with Gasteiger partial charge in [-0.15, -0.1) is 0 Å². The van der Waals surface area contributed by atoms with Gasteiger partial charge in [-0.1, -0.05) is 15.9 Å². The molecule has 0 radical (unpaired) electrons. The van der Waals surface area contributed by atoms with Crippen molar-refractivity contribution in [1.82, 2.24) is 0 Å². The van der Waals surface area contributed by atoms with Crippen LogP contribution in [0, 0.1) is 5.82 Å². The molecule has 0 fully saturated rings. The van der Waals surface area contributed by atoms with Crippen molar-refractivity contribution in [2.75, 3.05) is 0 Å². The molecule has 1 aromatic carbocycles. The Morgan fingerprint density at radius 1 is 1.60 bits per heavy atom. The molecular formula is C11H10BrFO2. The van der Waals surface area contributed by atoms with Crippen LogP contribution in [0.15, 0.2) is 16.6 Å². The summed E-state index contributed by atoms with van der Waals surface area (Å²) in [5, 5.41) is 8.73. The molecule has 0 aliphatic heterocycles. The minimum Gasteiger partial charge on any atom is -0.481 e. The molecule has 2 nitrogen and oxygen atoms in total. The van der Waals surface area contributed by atoms with Gasteiger partial charge in [-0.2, -0.15) is 0 Å². The molecule has 2 rings (SSSR count). The van der Waals surface area contributed by atoms with Crippen LogP contribution in [0.1, 0.15) is 29.9 Å². The molecule has 0 aromatic heterocycles. The van der Waals surface area contributed by atoms with E-state index < -0.39 is 5.97 Å². The van der Waals surface area contributed by atoms with E-state index >= 15 is 0 Å². The second kappa shape index (κ2) is 3.93. The fraction of sp³-hybridized carbons (Fsp3) is 0.364. The smallest absolute Gasteiger partial charge is 0.303 e. The Bertz CT molecular complexity index is 417. The highest BCUT2D eigenvalue weighted by Crippen LogP contribution is 2.39. The lowest BCUT2D eigenvalue weighted by molar-refractivity contribution is -0.137.